The summed E-state index contributed by atoms with van der Waals surface area (Å²) in [5, 5.41) is 0.661. The Hall–Kier alpha value is -0.0900. The third-order valence-electron chi connectivity index (χ3n) is 3.47. The van der Waals surface area contributed by atoms with Crippen LogP contribution in [0.15, 0.2) is 37.6 Å². The zero-order valence-electron chi connectivity index (χ0n) is 10.3. The lowest BCUT2D eigenvalue weighted by Gasteiger charge is -2.19. The summed E-state index contributed by atoms with van der Waals surface area (Å²) in [6.45, 7) is 4.44. The van der Waals surface area contributed by atoms with Crippen LogP contribution in [0.25, 0.3) is 0 Å². The Morgan fingerprint density at radius 2 is 2.18 bits per heavy atom. The highest BCUT2D eigenvalue weighted by Crippen LogP contribution is 2.37. The van der Waals surface area contributed by atoms with Gasteiger partial charge in [-0.15, -0.1) is 0 Å². The van der Waals surface area contributed by atoms with Crippen molar-refractivity contribution in [1.82, 2.24) is 0 Å². The summed E-state index contributed by atoms with van der Waals surface area (Å²) < 4.78 is 1.27. The minimum absolute atomic E-state index is 0.614. The van der Waals surface area contributed by atoms with Crippen LogP contribution in [0.1, 0.15) is 39.5 Å². The van der Waals surface area contributed by atoms with Crippen LogP contribution in [0.2, 0.25) is 0 Å². The van der Waals surface area contributed by atoms with Gasteiger partial charge >= 0.3 is 0 Å². The second-order valence-electron chi connectivity index (χ2n) is 4.83. The van der Waals surface area contributed by atoms with Crippen LogP contribution in [0, 0.1) is 5.92 Å². The summed E-state index contributed by atoms with van der Waals surface area (Å²) >= 11 is 8.76. The Labute approximate surface area is 122 Å². The smallest absolute Gasteiger partial charge is 0.137 e. The van der Waals surface area contributed by atoms with Crippen LogP contribution in [-0.4, -0.2) is 5.17 Å². The van der Waals surface area contributed by atoms with Gasteiger partial charge in [0.25, 0.3) is 0 Å². The molecule has 1 atom stereocenters. The normalized spacial score (nSPS) is 29.2. The van der Waals surface area contributed by atoms with E-state index in [1.807, 2.05) is 6.20 Å². The largest absolute Gasteiger partial charge is 0.244 e. The molecule has 0 saturated heterocycles. The number of aliphatic imine (C=N–C) groups is 1. The average molecular weight is 362 g/mol. The van der Waals surface area contributed by atoms with Gasteiger partial charge in [0.05, 0.1) is 0 Å². The molecule has 0 N–H and O–H groups in total. The molecule has 2 rings (SSSR count). The van der Waals surface area contributed by atoms with Gasteiger partial charge in [0.1, 0.15) is 5.17 Å². The van der Waals surface area contributed by atoms with Crippen molar-refractivity contribution < 1.29 is 0 Å². The van der Waals surface area contributed by atoms with Crippen LogP contribution in [0.5, 0.6) is 0 Å². The summed E-state index contributed by atoms with van der Waals surface area (Å²) in [4.78, 5) is 4.39. The van der Waals surface area contributed by atoms with Gasteiger partial charge in [0, 0.05) is 15.4 Å². The highest BCUT2D eigenvalue weighted by atomic mass is 127. The molecule has 1 nitrogen and oxygen atoms in total. The number of rotatable bonds is 0. The van der Waals surface area contributed by atoms with Crippen LogP contribution >= 0.6 is 34.2 Å². The van der Waals surface area contributed by atoms with Crippen LogP contribution < -0.4 is 0 Å². The highest BCUT2D eigenvalue weighted by Gasteiger charge is 2.22. The van der Waals surface area contributed by atoms with Gasteiger partial charge in [0.15, 0.2) is 0 Å². The zero-order chi connectivity index (χ0) is 12.4. The van der Waals surface area contributed by atoms with E-state index in [0.717, 1.165) is 19.3 Å². The van der Waals surface area contributed by atoms with Gasteiger partial charge in [-0.2, -0.15) is 0 Å². The molecule has 17 heavy (non-hydrogen) atoms. The van der Waals surface area contributed by atoms with E-state index in [-0.39, 0.29) is 0 Å². The lowest BCUT2D eigenvalue weighted by Crippen LogP contribution is -2.08. The standard InChI is InChI=1S/C14H17ClIN/c1-9-6-7-11-10(2)4-3-5-12(16)13(11)14(15)17-8-9/h5,8,10H,3-4,6-7H2,1-2H3/b9-8-,17-14?. The second kappa shape index (κ2) is 5.70. The summed E-state index contributed by atoms with van der Waals surface area (Å²) in [6.07, 6.45) is 8.77. The highest BCUT2D eigenvalue weighted by molar-refractivity contribution is 14.1. The fraction of sp³-hybridized carbons (Fsp3) is 0.500. The second-order valence-corrected chi connectivity index (χ2v) is 6.35. The van der Waals surface area contributed by atoms with Gasteiger partial charge in [-0.05, 0) is 61.1 Å². The van der Waals surface area contributed by atoms with Gasteiger partial charge in [0.2, 0.25) is 0 Å². The number of halogens is 2. The van der Waals surface area contributed by atoms with E-state index in [2.05, 4.69) is 47.5 Å². The maximum atomic E-state index is 6.37. The Kier molecular flexibility index (Phi) is 4.47. The maximum Gasteiger partial charge on any atom is 0.137 e. The van der Waals surface area contributed by atoms with Gasteiger partial charge in [-0.25, -0.2) is 4.99 Å². The fourth-order valence-electron chi connectivity index (χ4n) is 2.37. The van der Waals surface area contributed by atoms with Crippen LogP contribution in [0.4, 0.5) is 0 Å². The molecule has 92 valence electrons. The van der Waals surface area contributed by atoms with E-state index in [0.29, 0.717) is 11.1 Å². The van der Waals surface area contributed by atoms with Crippen molar-refractivity contribution in [1.29, 1.82) is 0 Å². The molecule has 0 radical (unpaired) electrons. The van der Waals surface area contributed by atoms with Crippen molar-refractivity contribution in [3.63, 3.8) is 0 Å². The molecule has 0 aromatic rings. The summed E-state index contributed by atoms with van der Waals surface area (Å²) in [5.74, 6) is 0.614. The van der Waals surface area contributed by atoms with E-state index in [4.69, 9.17) is 11.6 Å². The minimum atomic E-state index is 0.614. The first-order valence-electron chi connectivity index (χ1n) is 6.08. The minimum Gasteiger partial charge on any atom is -0.244 e. The molecule has 1 unspecified atom stereocenters. The van der Waals surface area contributed by atoms with E-state index in [9.17, 15) is 0 Å². The van der Waals surface area contributed by atoms with E-state index in [1.54, 1.807) is 0 Å². The molecule has 0 bridgehead atoms. The first-order valence-corrected chi connectivity index (χ1v) is 7.53. The predicted octanol–water partition coefficient (Wildman–Crippen LogP) is 5.37. The maximum absolute atomic E-state index is 6.37. The first kappa shape index (κ1) is 13.3. The number of hydrogen-bond acceptors (Lipinski definition) is 1. The van der Waals surface area contributed by atoms with Gasteiger partial charge in [-0.1, -0.05) is 35.7 Å². The average Bonchev–Trinajstić information content (AvgIpc) is 2.41. The Balaban J connectivity index is 2.52. The monoisotopic (exact) mass is 361 g/mol. The topological polar surface area (TPSA) is 12.4 Å². The molecule has 1 aliphatic heterocycles. The van der Waals surface area contributed by atoms with E-state index >= 15 is 0 Å². The number of hydrogen-bond donors (Lipinski definition) is 0. The molecule has 3 heteroatoms. The molecular formula is C14H17ClIN. The van der Waals surface area contributed by atoms with Crippen LogP contribution in [0.3, 0.4) is 0 Å². The van der Waals surface area contributed by atoms with E-state index < -0.39 is 0 Å². The van der Waals surface area contributed by atoms with Gasteiger partial charge < -0.3 is 0 Å². The summed E-state index contributed by atoms with van der Waals surface area (Å²) in [5.41, 5.74) is 4.00. The summed E-state index contributed by atoms with van der Waals surface area (Å²) in [7, 11) is 0. The molecule has 0 aromatic heterocycles. The van der Waals surface area contributed by atoms with Crippen molar-refractivity contribution in [2.24, 2.45) is 10.9 Å². The molecule has 0 fully saturated rings. The number of nitrogens with zero attached hydrogens (tertiary/aromatic N) is 1. The van der Waals surface area contributed by atoms with Crippen molar-refractivity contribution in [3.05, 3.63) is 32.6 Å². The third-order valence-corrected chi connectivity index (χ3v) is 4.74. The molecule has 0 spiro atoms. The Bertz CT molecular complexity index is 443. The number of allylic oxidation sites excluding steroid dienone is 5. The molecule has 0 amide bonds. The fourth-order valence-corrected chi connectivity index (χ4v) is 3.71. The lowest BCUT2D eigenvalue weighted by molar-refractivity contribution is 0.596. The van der Waals surface area contributed by atoms with Crippen molar-refractivity contribution >= 4 is 39.4 Å². The van der Waals surface area contributed by atoms with Crippen LogP contribution in [-0.2, 0) is 0 Å². The van der Waals surface area contributed by atoms with E-state index in [1.165, 1.54) is 26.7 Å². The molecule has 0 aromatic carbocycles. The molecule has 1 aliphatic carbocycles. The summed E-state index contributed by atoms with van der Waals surface area (Å²) in [6, 6.07) is 0. The predicted molar refractivity (Wildman–Crippen MR) is 83.8 cm³/mol. The Morgan fingerprint density at radius 3 is 2.94 bits per heavy atom. The van der Waals surface area contributed by atoms with Gasteiger partial charge in [-0.3, -0.25) is 0 Å². The lowest BCUT2D eigenvalue weighted by atomic mass is 9.89. The molecule has 0 saturated carbocycles. The van der Waals surface area contributed by atoms with Crippen molar-refractivity contribution in [2.45, 2.75) is 39.5 Å². The Morgan fingerprint density at radius 1 is 1.41 bits per heavy atom. The first-order chi connectivity index (χ1) is 8.09. The molecule has 2 aliphatic rings. The molecule has 1 heterocycles. The quantitative estimate of drug-likeness (QED) is 0.515. The molecular weight excluding hydrogens is 345 g/mol. The zero-order valence-corrected chi connectivity index (χ0v) is 13.2. The SMILES string of the molecule is C/C1=C/N=C(Cl)C2=C(CC1)C(C)CCC=C2I. The van der Waals surface area contributed by atoms with Crippen molar-refractivity contribution in [2.75, 3.05) is 0 Å². The van der Waals surface area contributed by atoms with Crippen molar-refractivity contribution in [3.8, 4) is 0 Å². The third kappa shape index (κ3) is 3.02.